The van der Waals surface area contributed by atoms with E-state index in [1.165, 1.54) is 65.1 Å². The summed E-state index contributed by atoms with van der Waals surface area (Å²) in [6.45, 7) is 35.7. The van der Waals surface area contributed by atoms with Gasteiger partial charge in [-0.1, -0.05) is 142 Å². The molecule has 5 rings (SSSR count). The third kappa shape index (κ3) is 17.2. The van der Waals surface area contributed by atoms with E-state index in [-0.39, 0.29) is 0 Å². The lowest BCUT2D eigenvalue weighted by Gasteiger charge is -2.07. The predicted molar refractivity (Wildman–Crippen MR) is 230 cm³/mol. The van der Waals surface area contributed by atoms with Gasteiger partial charge < -0.3 is 15.0 Å². The Kier molecular flexibility index (Phi) is 19.9. The van der Waals surface area contributed by atoms with Gasteiger partial charge in [0.2, 0.25) is 0 Å². The Hall–Kier alpha value is -3.15. The third-order valence-corrected chi connectivity index (χ3v) is 9.47. The average Bonchev–Trinajstić information content (AvgIpc) is 3.86. The summed E-state index contributed by atoms with van der Waals surface area (Å²) in [4.78, 5) is 23.6. The van der Waals surface area contributed by atoms with Gasteiger partial charge in [0.15, 0.2) is 0 Å². The molecular weight excluding hydrogens is 649 g/mol. The molecule has 3 heterocycles. The van der Waals surface area contributed by atoms with Crippen molar-refractivity contribution in [1.29, 1.82) is 0 Å². The fraction of sp³-hybridized carbons (Fsp3) is 0.681. The number of benzene rings is 1. The summed E-state index contributed by atoms with van der Waals surface area (Å²) >= 11 is 0. The first-order chi connectivity index (χ1) is 24.9. The monoisotopic (exact) mass is 729 g/mol. The second kappa shape index (κ2) is 22.9. The smallest absolute Gasteiger partial charge is 0.109 e. The number of aromatic nitrogens is 6. The van der Waals surface area contributed by atoms with Gasteiger partial charge in [0.05, 0.1) is 5.69 Å². The van der Waals surface area contributed by atoms with Gasteiger partial charge >= 0.3 is 0 Å². The number of hydrogen-bond acceptors (Lipinski definition) is 3. The molecule has 3 aromatic heterocycles. The molecule has 1 aromatic carbocycles. The summed E-state index contributed by atoms with van der Waals surface area (Å²) in [6, 6.07) is 6.88. The van der Waals surface area contributed by atoms with Crippen molar-refractivity contribution in [3.05, 3.63) is 76.3 Å². The highest BCUT2D eigenvalue weighted by Gasteiger charge is 2.23. The van der Waals surface area contributed by atoms with E-state index in [2.05, 4.69) is 154 Å². The molecule has 53 heavy (non-hydrogen) atoms. The first-order valence-corrected chi connectivity index (χ1v) is 21.1. The molecule has 0 radical (unpaired) electrons. The van der Waals surface area contributed by atoms with Gasteiger partial charge in [0.1, 0.15) is 17.5 Å². The van der Waals surface area contributed by atoms with E-state index in [0.717, 1.165) is 66.8 Å². The largest absolute Gasteiger partial charge is 0.346 e. The van der Waals surface area contributed by atoms with E-state index in [9.17, 15) is 0 Å². The zero-order valence-corrected chi connectivity index (χ0v) is 37.0. The predicted octanol–water partition coefficient (Wildman–Crippen LogP) is 13.6. The molecular formula is C47H80N6. The molecule has 0 unspecified atom stereocenters. The van der Waals surface area contributed by atoms with Gasteiger partial charge in [0.25, 0.3) is 0 Å². The van der Waals surface area contributed by atoms with Crippen LogP contribution in [0.4, 0.5) is 0 Å². The summed E-state index contributed by atoms with van der Waals surface area (Å²) in [6.07, 6.45) is 13.6. The third-order valence-electron chi connectivity index (χ3n) is 9.47. The van der Waals surface area contributed by atoms with Crippen molar-refractivity contribution in [1.82, 2.24) is 29.9 Å². The molecule has 0 fully saturated rings. The van der Waals surface area contributed by atoms with Crippen molar-refractivity contribution in [2.24, 2.45) is 29.6 Å². The number of aryl methyl sites for hydroxylation is 2. The zero-order chi connectivity index (χ0) is 39.8. The minimum absolute atomic E-state index is 0.467. The van der Waals surface area contributed by atoms with Crippen molar-refractivity contribution in [2.45, 2.75) is 180 Å². The fourth-order valence-electron chi connectivity index (χ4n) is 6.02. The Bertz CT molecular complexity index is 1500. The molecule has 0 bridgehead atoms. The van der Waals surface area contributed by atoms with Gasteiger partial charge in [-0.15, -0.1) is 0 Å². The van der Waals surface area contributed by atoms with Crippen LogP contribution in [0.2, 0.25) is 0 Å². The Morgan fingerprint density at radius 3 is 1.36 bits per heavy atom. The summed E-state index contributed by atoms with van der Waals surface area (Å²) in [7, 11) is 0. The van der Waals surface area contributed by atoms with Crippen LogP contribution in [0.5, 0.6) is 0 Å². The number of nitrogens with zero attached hydrogens (tertiary/aromatic N) is 3. The van der Waals surface area contributed by atoms with E-state index in [0.29, 0.717) is 23.7 Å². The minimum Gasteiger partial charge on any atom is -0.346 e. The van der Waals surface area contributed by atoms with E-state index in [1.54, 1.807) is 0 Å². The molecule has 0 amide bonds. The van der Waals surface area contributed by atoms with Gasteiger partial charge in [-0.05, 0) is 72.8 Å². The first kappa shape index (κ1) is 46.0. The van der Waals surface area contributed by atoms with Crippen LogP contribution >= 0.6 is 0 Å². The second-order valence-corrected chi connectivity index (χ2v) is 18.5. The molecule has 6 heteroatoms. The summed E-state index contributed by atoms with van der Waals surface area (Å²) in [5.41, 5.74) is 9.22. The zero-order valence-electron chi connectivity index (χ0n) is 37.0. The van der Waals surface area contributed by atoms with Crippen molar-refractivity contribution in [3.63, 3.8) is 0 Å². The number of hydrogen-bond donors (Lipinski definition) is 3. The van der Waals surface area contributed by atoms with E-state index >= 15 is 0 Å². The number of nitrogens with one attached hydrogen (secondary N) is 3. The number of aromatic amines is 3. The van der Waals surface area contributed by atoms with Gasteiger partial charge in [-0.2, -0.15) is 0 Å². The Morgan fingerprint density at radius 1 is 0.528 bits per heavy atom. The lowest BCUT2D eigenvalue weighted by Crippen LogP contribution is -1.96. The molecule has 1 aliphatic rings. The molecule has 4 aromatic rings. The van der Waals surface area contributed by atoms with Gasteiger partial charge in [-0.25, -0.2) is 15.0 Å². The molecule has 0 aliphatic heterocycles. The molecule has 0 saturated heterocycles. The van der Waals surface area contributed by atoms with Crippen LogP contribution in [0.3, 0.4) is 0 Å². The highest BCUT2D eigenvalue weighted by Crippen LogP contribution is 2.36. The van der Waals surface area contributed by atoms with Crippen molar-refractivity contribution in [3.8, 4) is 11.3 Å². The summed E-state index contributed by atoms with van der Waals surface area (Å²) < 4.78 is 0. The fourth-order valence-corrected chi connectivity index (χ4v) is 6.02. The molecule has 0 saturated carbocycles. The van der Waals surface area contributed by atoms with E-state index in [4.69, 9.17) is 4.98 Å². The second-order valence-electron chi connectivity index (χ2n) is 18.5. The van der Waals surface area contributed by atoms with Crippen LogP contribution in [0.15, 0.2) is 30.6 Å². The lowest BCUT2D eigenvalue weighted by atomic mass is 9.99. The molecule has 6 nitrogen and oxygen atoms in total. The van der Waals surface area contributed by atoms with E-state index < -0.39 is 0 Å². The van der Waals surface area contributed by atoms with Crippen LogP contribution < -0.4 is 0 Å². The number of H-pyrrole nitrogens is 3. The standard InChI is InChI=1S/C17H22N2.2C11H20N2.C8H18/c1-10(2)7-12-5-6-14-13(8-12)9-15-16(14)19-17(18-15)11(3)4;2*1-8(2)5-6-10-7-12-11(13-10)9(3)4;1-7(2)5-6-8(3)4/h5-6,8,10-11H,7,9H2,1-4H3,(H,18,19);2*7-9H,5-6H2,1-4H3,(H,12,13);7-8H,5-6H2,1-4H3. The first-order valence-electron chi connectivity index (χ1n) is 21.1. The SMILES string of the molecule is CC(C)CCC(C)C.CC(C)CCc1cnc(C(C)C)[nH]1.CC(C)CCc1cnc(C(C)C)[nH]1.CC(C)Cc1ccc2c(c1)Cc1[nH]c(C(C)C)nc1-2. The van der Waals surface area contributed by atoms with Crippen LogP contribution in [-0.4, -0.2) is 29.9 Å². The van der Waals surface area contributed by atoms with Crippen molar-refractivity contribution in [2.75, 3.05) is 0 Å². The highest BCUT2D eigenvalue weighted by molar-refractivity contribution is 5.73. The summed E-state index contributed by atoms with van der Waals surface area (Å²) in [5, 5.41) is 0. The number of fused-ring (bicyclic) bond motifs is 3. The molecule has 298 valence electrons. The summed E-state index contributed by atoms with van der Waals surface area (Å²) in [5.74, 6) is 8.84. The topological polar surface area (TPSA) is 86.0 Å². The normalized spacial score (nSPS) is 12.1. The van der Waals surface area contributed by atoms with Crippen LogP contribution in [0, 0.1) is 29.6 Å². The van der Waals surface area contributed by atoms with E-state index in [1.807, 2.05) is 12.4 Å². The Labute approximate surface area is 326 Å². The van der Waals surface area contributed by atoms with Crippen LogP contribution in [0.25, 0.3) is 11.3 Å². The Morgan fingerprint density at radius 2 is 0.981 bits per heavy atom. The maximum Gasteiger partial charge on any atom is 0.109 e. The minimum atomic E-state index is 0.467. The molecule has 0 spiro atoms. The quantitative estimate of drug-likeness (QED) is 0.106. The highest BCUT2D eigenvalue weighted by atomic mass is 15.0. The maximum absolute atomic E-state index is 4.77. The number of rotatable bonds is 14. The average molecular weight is 729 g/mol. The number of imidazole rings is 3. The molecule has 1 aliphatic carbocycles. The van der Waals surface area contributed by atoms with Crippen LogP contribution in [-0.2, 0) is 25.7 Å². The van der Waals surface area contributed by atoms with Gasteiger partial charge in [-0.3, -0.25) is 0 Å². The van der Waals surface area contributed by atoms with Crippen molar-refractivity contribution < 1.29 is 0 Å². The lowest BCUT2D eigenvalue weighted by molar-refractivity contribution is 0.476. The Balaban J connectivity index is 0.000000256. The molecule has 0 atom stereocenters. The molecule has 3 N–H and O–H groups in total. The van der Waals surface area contributed by atoms with Crippen LogP contribution in [0.1, 0.15) is 200 Å². The van der Waals surface area contributed by atoms with Crippen molar-refractivity contribution >= 4 is 0 Å². The maximum atomic E-state index is 4.77. The van der Waals surface area contributed by atoms with Gasteiger partial charge in [0, 0.05) is 59.2 Å².